The van der Waals surface area contributed by atoms with Gasteiger partial charge in [0.2, 0.25) is 5.91 Å². The molecular formula is C28H34N2O5. The van der Waals surface area contributed by atoms with Crippen LogP contribution in [0, 0.1) is 11.8 Å². The minimum Gasteiger partial charge on any atom is -0.481 e. The van der Waals surface area contributed by atoms with E-state index in [2.05, 4.69) is 34.9 Å². The lowest BCUT2D eigenvalue weighted by atomic mass is 9.78. The highest BCUT2D eigenvalue weighted by molar-refractivity contribution is 5.81. The average molecular weight is 479 g/mol. The maximum atomic E-state index is 12.9. The van der Waals surface area contributed by atoms with Crippen LogP contribution in [-0.4, -0.2) is 42.3 Å². The number of aliphatic carboxylic acids is 1. The van der Waals surface area contributed by atoms with E-state index in [-0.39, 0.29) is 42.7 Å². The summed E-state index contributed by atoms with van der Waals surface area (Å²) in [5.74, 6) is -1.26. The Morgan fingerprint density at radius 2 is 1.63 bits per heavy atom. The van der Waals surface area contributed by atoms with E-state index in [1.807, 2.05) is 31.2 Å². The molecule has 4 rings (SSSR count). The molecule has 7 nitrogen and oxygen atoms in total. The van der Waals surface area contributed by atoms with E-state index in [0.717, 1.165) is 36.8 Å². The van der Waals surface area contributed by atoms with E-state index in [1.165, 1.54) is 11.1 Å². The smallest absolute Gasteiger partial charge is 0.407 e. The van der Waals surface area contributed by atoms with E-state index >= 15 is 0 Å². The van der Waals surface area contributed by atoms with Gasteiger partial charge in [-0.2, -0.15) is 0 Å². The van der Waals surface area contributed by atoms with Gasteiger partial charge in [0.25, 0.3) is 0 Å². The molecule has 0 spiro atoms. The van der Waals surface area contributed by atoms with Crippen molar-refractivity contribution in [2.24, 2.45) is 11.8 Å². The molecule has 186 valence electrons. The van der Waals surface area contributed by atoms with Crippen LogP contribution in [0.3, 0.4) is 0 Å². The lowest BCUT2D eigenvalue weighted by molar-refractivity contribution is -0.138. The third-order valence-corrected chi connectivity index (χ3v) is 7.36. The fourth-order valence-electron chi connectivity index (χ4n) is 5.48. The first-order chi connectivity index (χ1) is 17.0. The standard InChI is InChI=1S/C28H34N2O5/c1-2-19(15-26(31)32)30-27(33)20-10-4-3-9-18(20)16-29-28(34)35-17-25-23-13-7-5-11-21(23)22-12-6-8-14-24(22)25/h5-8,11-14,18-20,25H,2-4,9-10,15-17H2,1H3,(H,29,34)(H,30,33)(H,31,32)/t18-,19?,20-/m1/s1. The monoisotopic (exact) mass is 478 g/mol. The van der Waals surface area contributed by atoms with E-state index in [4.69, 9.17) is 9.84 Å². The summed E-state index contributed by atoms with van der Waals surface area (Å²) in [4.78, 5) is 36.5. The van der Waals surface area contributed by atoms with Gasteiger partial charge in [-0.25, -0.2) is 4.79 Å². The first kappa shape index (κ1) is 24.8. The molecule has 2 amide bonds. The molecule has 0 heterocycles. The maximum Gasteiger partial charge on any atom is 0.407 e. The van der Waals surface area contributed by atoms with Crippen LogP contribution in [0.1, 0.15) is 62.5 Å². The molecule has 0 aromatic heterocycles. The summed E-state index contributed by atoms with van der Waals surface area (Å²) in [7, 11) is 0. The molecule has 2 aliphatic rings. The van der Waals surface area contributed by atoms with Gasteiger partial charge in [0.15, 0.2) is 0 Å². The Kier molecular flexibility index (Phi) is 8.06. The number of hydrogen-bond acceptors (Lipinski definition) is 4. The first-order valence-corrected chi connectivity index (χ1v) is 12.6. The fraction of sp³-hybridized carbons (Fsp3) is 0.464. The quantitative estimate of drug-likeness (QED) is 0.485. The second-order valence-electron chi connectivity index (χ2n) is 9.57. The molecule has 0 saturated heterocycles. The summed E-state index contributed by atoms with van der Waals surface area (Å²) in [6.45, 7) is 2.48. The number of carbonyl (C=O) groups excluding carboxylic acids is 2. The van der Waals surface area contributed by atoms with Gasteiger partial charge in [0, 0.05) is 24.4 Å². The number of ether oxygens (including phenoxy) is 1. The molecule has 2 aliphatic carbocycles. The maximum absolute atomic E-state index is 12.9. The zero-order valence-electron chi connectivity index (χ0n) is 20.2. The largest absolute Gasteiger partial charge is 0.481 e. The summed E-state index contributed by atoms with van der Waals surface area (Å²) in [6.07, 6.45) is 3.55. The number of alkyl carbamates (subject to hydrolysis) is 1. The third-order valence-electron chi connectivity index (χ3n) is 7.36. The van der Waals surface area contributed by atoms with Crippen molar-refractivity contribution in [1.29, 1.82) is 0 Å². The van der Waals surface area contributed by atoms with Gasteiger partial charge in [0.05, 0.1) is 6.42 Å². The Bertz CT molecular complexity index is 1020. The van der Waals surface area contributed by atoms with Gasteiger partial charge < -0.3 is 20.5 Å². The molecule has 0 aliphatic heterocycles. The number of hydrogen-bond donors (Lipinski definition) is 3. The van der Waals surface area contributed by atoms with Crippen molar-refractivity contribution in [3.63, 3.8) is 0 Å². The van der Waals surface area contributed by atoms with Gasteiger partial charge in [0.1, 0.15) is 6.61 Å². The summed E-state index contributed by atoms with van der Waals surface area (Å²) in [6, 6.07) is 16.0. The summed E-state index contributed by atoms with van der Waals surface area (Å²) >= 11 is 0. The van der Waals surface area contributed by atoms with Crippen LogP contribution in [-0.2, 0) is 14.3 Å². The third kappa shape index (κ3) is 5.84. The Morgan fingerprint density at radius 3 is 2.26 bits per heavy atom. The Morgan fingerprint density at radius 1 is 1.00 bits per heavy atom. The lowest BCUT2D eigenvalue weighted by Gasteiger charge is -2.31. The molecule has 3 N–H and O–H groups in total. The fourth-order valence-corrected chi connectivity index (χ4v) is 5.48. The van der Waals surface area contributed by atoms with Crippen LogP contribution in [0.25, 0.3) is 11.1 Å². The average Bonchev–Trinajstić information content (AvgIpc) is 3.19. The number of nitrogens with one attached hydrogen (secondary N) is 2. The summed E-state index contributed by atoms with van der Waals surface area (Å²) < 4.78 is 5.64. The number of benzene rings is 2. The van der Waals surface area contributed by atoms with Gasteiger partial charge >= 0.3 is 12.1 Å². The van der Waals surface area contributed by atoms with Gasteiger partial charge in [-0.05, 0) is 47.4 Å². The predicted molar refractivity (Wildman–Crippen MR) is 133 cm³/mol. The number of carboxylic acids is 1. The number of fused-ring (bicyclic) bond motifs is 3. The van der Waals surface area contributed by atoms with Crippen LogP contribution in [0.5, 0.6) is 0 Å². The van der Waals surface area contributed by atoms with Crippen LogP contribution >= 0.6 is 0 Å². The zero-order valence-corrected chi connectivity index (χ0v) is 20.2. The Hall–Kier alpha value is -3.35. The van der Waals surface area contributed by atoms with Gasteiger partial charge in [-0.1, -0.05) is 68.3 Å². The molecule has 0 bridgehead atoms. The SMILES string of the molecule is CCC(CC(=O)O)NC(=O)[C@@H]1CCCC[C@@H]1CNC(=O)OCC1c2ccccc2-c2ccccc21. The van der Waals surface area contributed by atoms with Crippen molar-refractivity contribution in [2.45, 2.75) is 57.4 Å². The van der Waals surface area contributed by atoms with Gasteiger partial charge in [-0.3, -0.25) is 9.59 Å². The molecule has 7 heteroatoms. The minimum absolute atomic E-state index is 0.00145. The Balaban J connectivity index is 1.31. The molecular weight excluding hydrogens is 444 g/mol. The molecule has 1 saturated carbocycles. The zero-order chi connectivity index (χ0) is 24.8. The summed E-state index contributed by atoms with van der Waals surface area (Å²) in [5.41, 5.74) is 4.69. The van der Waals surface area contributed by atoms with Crippen LogP contribution < -0.4 is 10.6 Å². The summed E-state index contributed by atoms with van der Waals surface area (Å²) in [5, 5.41) is 14.8. The van der Waals surface area contributed by atoms with E-state index in [9.17, 15) is 14.4 Å². The molecule has 2 aromatic rings. The first-order valence-electron chi connectivity index (χ1n) is 12.6. The molecule has 3 atom stereocenters. The number of amides is 2. The van der Waals surface area contributed by atoms with Crippen molar-refractivity contribution >= 4 is 18.0 Å². The van der Waals surface area contributed by atoms with Crippen LogP contribution in [0.15, 0.2) is 48.5 Å². The number of rotatable bonds is 9. The van der Waals surface area contributed by atoms with E-state index in [0.29, 0.717) is 13.0 Å². The lowest BCUT2D eigenvalue weighted by Crippen LogP contribution is -2.45. The van der Waals surface area contributed by atoms with E-state index in [1.54, 1.807) is 0 Å². The second-order valence-corrected chi connectivity index (χ2v) is 9.57. The van der Waals surface area contributed by atoms with Crippen molar-refractivity contribution < 1.29 is 24.2 Å². The molecule has 1 fully saturated rings. The normalized spacial score (nSPS) is 19.8. The van der Waals surface area contributed by atoms with Gasteiger partial charge in [-0.15, -0.1) is 0 Å². The van der Waals surface area contributed by atoms with Crippen LogP contribution in [0.2, 0.25) is 0 Å². The highest BCUT2D eigenvalue weighted by Gasteiger charge is 2.33. The molecule has 0 radical (unpaired) electrons. The molecule has 35 heavy (non-hydrogen) atoms. The Labute approximate surface area is 206 Å². The highest BCUT2D eigenvalue weighted by atomic mass is 16.5. The topological polar surface area (TPSA) is 105 Å². The number of carbonyl (C=O) groups is 3. The van der Waals surface area contributed by atoms with Crippen molar-refractivity contribution in [2.75, 3.05) is 13.2 Å². The highest BCUT2D eigenvalue weighted by Crippen LogP contribution is 2.44. The van der Waals surface area contributed by atoms with Crippen molar-refractivity contribution in [3.8, 4) is 11.1 Å². The number of carboxylic acid groups (broad SMARTS) is 1. The molecule has 1 unspecified atom stereocenters. The van der Waals surface area contributed by atoms with Crippen molar-refractivity contribution in [1.82, 2.24) is 10.6 Å². The predicted octanol–water partition coefficient (Wildman–Crippen LogP) is 4.70. The van der Waals surface area contributed by atoms with E-state index < -0.39 is 12.1 Å². The minimum atomic E-state index is -0.922. The van der Waals surface area contributed by atoms with Crippen molar-refractivity contribution in [3.05, 3.63) is 59.7 Å². The second kappa shape index (κ2) is 11.4. The van der Waals surface area contributed by atoms with Crippen LogP contribution in [0.4, 0.5) is 4.79 Å². The molecule has 2 aromatic carbocycles.